The lowest BCUT2D eigenvalue weighted by atomic mass is 10.1. The number of carbonyl (C=O) groups is 1. The zero-order valence-corrected chi connectivity index (χ0v) is 15.2. The fourth-order valence-electron chi connectivity index (χ4n) is 3.09. The van der Waals surface area contributed by atoms with E-state index in [4.69, 9.17) is 4.74 Å². The predicted molar refractivity (Wildman–Crippen MR) is 96.6 cm³/mol. The molecule has 0 aromatic heterocycles. The molecule has 0 unspecified atom stereocenters. The molecule has 144 valence electrons. The zero-order valence-electron chi connectivity index (χ0n) is 15.2. The van der Waals surface area contributed by atoms with Gasteiger partial charge in [0.15, 0.2) is 0 Å². The molecule has 0 bridgehead atoms. The van der Waals surface area contributed by atoms with Crippen molar-refractivity contribution >= 4 is 11.6 Å². The van der Waals surface area contributed by atoms with Gasteiger partial charge in [0.1, 0.15) is 34.9 Å². The zero-order chi connectivity index (χ0) is 19.6. The minimum Gasteiger partial charge on any atom is -0.490 e. The van der Waals surface area contributed by atoms with E-state index in [1.54, 1.807) is 24.3 Å². The van der Waals surface area contributed by atoms with E-state index < -0.39 is 28.9 Å². The van der Waals surface area contributed by atoms with Gasteiger partial charge in [-0.1, -0.05) is 6.07 Å². The molecule has 0 N–H and O–H groups in total. The van der Waals surface area contributed by atoms with Crippen LogP contribution in [0.4, 0.5) is 18.9 Å². The Morgan fingerprint density at radius 2 is 1.74 bits per heavy atom. The van der Waals surface area contributed by atoms with E-state index in [-0.39, 0.29) is 6.10 Å². The molecule has 1 aliphatic heterocycles. The second kappa shape index (κ2) is 8.00. The Hall–Kier alpha value is -2.54. The molecule has 3 rings (SSSR count). The van der Waals surface area contributed by atoms with Crippen LogP contribution in [-0.2, 0) is 0 Å². The maximum absolute atomic E-state index is 13.9. The molecule has 0 radical (unpaired) electrons. The lowest BCUT2D eigenvalue weighted by molar-refractivity contribution is 0.0984. The third-order valence-electron chi connectivity index (χ3n) is 4.70. The maximum Gasteiger partial charge on any atom is 0.263 e. The number of amides is 1. The number of hydrogen-bond donors (Lipinski definition) is 0. The van der Waals surface area contributed by atoms with Crippen LogP contribution >= 0.6 is 0 Å². The van der Waals surface area contributed by atoms with Crippen molar-refractivity contribution in [3.63, 3.8) is 0 Å². The summed E-state index contributed by atoms with van der Waals surface area (Å²) in [6.45, 7) is 1.90. The lowest BCUT2D eigenvalue weighted by Gasteiger charge is -2.29. The summed E-state index contributed by atoms with van der Waals surface area (Å²) in [6.07, 6.45) is 1.90. The SMILES string of the molecule is CN1CCC(Oc2cccc(N(C)C(=O)c3c(F)cc(F)cc3F)c2)CC1. The summed E-state index contributed by atoms with van der Waals surface area (Å²) in [4.78, 5) is 15.9. The van der Waals surface area contributed by atoms with E-state index in [2.05, 4.69) is 11.9 Å². The lowest BCUT2D eigenvalue weighted by Crippen LogP contribution is -2.35. The summed E-state index contributed by atoms with van der Waals surface area (Å²) >= 11 is 0. The number of hydrogen-bond acceptors (Lipinski definition) is 3. The second-order valence-electron chi connectivity index (χ2n) is 6.73. The fourth-order valence-corrected chi connectivity index (χ4v) is 3.09. The van der Waals surface area contributed by atoms with Crippen molar-refractivity contribution in [1.82, 2.24) is 4.90 Å². The van der Waals surface area contributed by atoms with Gasteiger partial charge in [0.2, 0.25) is 0 Å². The molecule has 27 heavy (non-hydrogen) atoms. The number of benzene rings is 2. The highest BCUT2D eigenvalue weighted by atomic mass is 19.1. The molecule has 0 saturated carbocycles. The first-order valence-electron chi connectivity index (χ1n) is 8.73. The van der Waals surface area contributed by atoms with Crippen LogP contribution in [0.25, 0.3) is 0 Å². The van der Waals surface area contributed by atoms with Crippen LogP contribution in [0.15, 0.2) is 36.4 Å². The van der Waals surface area contributed by atoms with Crippen molar-refractivity contribution in [2.75, 3.05) is 32.1 Å². The van der Waals surface area contributed by atoms with Gasteiger partial charge < -0.3 is 14.5 Å². The van der Waals surface area contributed by atoms with E-state index in [1.165, 1.54) is 7.05 Å². The molecule has 1 heterocycles. The summed E-state index contributed by atoms with van der Waals surface area (Å²) in [5, 5.41) is 0. The summed E-state index contributed by atoms with van der Waals surface area (Å²) in [5.41, 5.74) is -0.367. The summed E-state index contributed by atoms with van der Waals surface area (Å²) in [7, 11) is 3.46. The van der Waals surface area contributed by atoms with Crippen molar-refractivity contribution in [3.05, 3.63) is 59.4 Å². The third-order valence-corrected chi connectivity index (χ3v) is 4.70. The van der Waals surface area contributed by atoms with Crippen molar-refractivity contribution < 1.29 is 22.7 Å². The van der Waals surface area contributed by atoms with Crippen LogP contribution in [0.5, 0.6) is 5.75 Å². The molecule has 2 aromatic carbocycles. The number of likely N-dealkylation sites (tertiary alicyclic amines) is 1. The van der Waals surface area contributed by atoms with Crippen molar-refractivity contribution in [2.45, 2.75) is 18.9 Å². The molecule has 1 amide bonds. The number of nitrogens with zero attached hydrogens (tertiary/aromatic N) is 2. The van der Waals surface area contributed by atoms with Crippen molar-refractivity contribution in [1.29, 1.82) is 0 Å². The van der Waals surface area contributed by atoms with Gasteiger partial charge in [-0.25, -0.2) is 13.2 Å². The van der Waals surface area contributed by atoms with Crippen LogP contribution in [0, 0.1) is 17.5 Å². The predicted octanol–water partition coefficient (Wildman–Crippen LogP) is 3.85. The van der Waals surface area contributed by atoms with Crippen LogP contribution in [0.2, 0.25) is 0 Å². The van der Waals surface area contributed by atoms with E-state index >= 15 is 0 Å². The average molecular weight is 378 g/mol. The number of ether oxygens (including phenoxy) is 1. The molecule has 4 nitrogen and oxygen atoms in total. The second-order valence-corrected chi connectivity index (χ2v) is 6.73. The summed E-state index contributed by atoms with van der Waals surface area (Å²) in [5.74, 6) is -3.85. The number of piperidine rings is 1. The first-order chi connectivity index (χ1) is 12.8. The topological polar surface area (TPSA) is 32.8 Å². The Bertz CT molecular complexity index is 813. The van der Waals surface area contributed by atoms with Crippen LogP contribution in [0.1, 0.15) is 23.2 Å². The Kier molecular flexibility index (Phi) is 5.70. The summed E-state index contributed by atoms with van der Waals surface area (Å²) in [6, 6.07) is 7.75. The van der Waals surface area contributed by atoms with Crippen LogP contribution < -0.4 is 9.64 Å². The number of carbonyl (C=O) groups excluding carboxylic acids is 1. The molecule has 0 spiro atoms. The highest BCUT2D eigenvalue weighted by Crippen LogP contribution is 2.26. The van der Waals surface area contributed by atoms with Gasteiger partial charge in [-0.3, -0.25) is 4.79 Å². The molecular formula is C20H21F3N2O2. The quantitative estimate of drug-likeness (QED) is 0.810. The van der Waals surface area contributed by atoms with Gasteiger partial charge in [0.05, 0.1) is 0 Å². The molecule has 2 aromatic rings. The van der Waals surface area contributed by atoms with Gasteiger partial charge in [0.25, 0.3) is 5.91 Å². The monoisotopic (exact) mass is 378 g/mol. The fraction of sp³-hybridized carbons (Fsp3) is 0.350. The summed E-state index contributed by atoms with van der Waals surface area (Å²) < 4.78 is 46.9. The van der Waals surface area contributed by atoms with E-state index in [0.29, 0.717) is 23.6 Å². The van der Waals surface area contributed by atoms with Gasteiger partial charge in [0, 0.05) is 44.0 Å². The molecule has 1 fully saturated rings. The van der Waals surface area contributed by atoms with Gasteiger partial charge in [-0.2, -0.15) is 0 Å². The first kappa shape index (κ1) is 19.2. The molecule has 1 saturated heterocycles. The average Bonchev–Trinajstić information content (AvgIpc) is 2.62. The molecular weight excluding hydrogens is 357 g/mol. The third kappa shape index (κ3) is 4.42. The molecule has 7 heteroatoms. The number of anilines is 1. The van der Waals surface area contributed by atoms with Crippen LogP contribution in [0.3, 0.4) is 0 Å². The van der Waals surface area contributed by atoms with Crippen molar-refractivity contribution in [2.24, 2.45) is 0 Å². The van der Waals surface area contributed by atoms with Gasteiger partial charge in [-0.05, 0) is 32.0 Å². The Balaban J connectivity index is 1.77. The van der Waals surface area contributed by atoms with Crippen LogP contribution in [-0.4, -0.2) is 44.1 Å². The van der Waals surface area contributed by atoms with Gasteiger partial charge in [-0.15, -0.1) is 0 Å². The van der Waals surface area contributed by atoms with Crippen molar-refractivity contribution in [3.8, 4) is 5.75 Å². The number of halogens is 3. The standard InChI is InChI=1S/C20H21F3N2O2/c1-24-8-6-15(7-9-24)27-16-5-3-4-14(12-16)25(2)20(26)19-17(22)10-13(21)11-18(19)23/h3-5,10-12,15H,6-9H2,1-2H3. The van der Waals surface area contributed by atoms with Gasteiger partial charge >= 0.3 is 0 Å². The molecule has 0 aliphatic carbocycles. The Morgan fingerprint density at radius 3 is 2.37 bits per heavy atom. The minimum atomic E-state index is -1.23. The van der Waals surface area contributed by atoms with E-state index in [9.17, 15) is 18.0 Å². The largest absolute Gasteiger partial charge is 0.490 e. The number of rotatable bonds is 4. The molecule has 1 aliphatic rings. The Morgan fingerprint density at radius 1 is 1.11 bits per heavy atom. The smallest absolute Gasteiger partial charge is 0.263 e. The highest BCUT2D eigenvalue weighted by molar-refractivity contribution is 6.06. The normalized spacial score (nSPS) is 15.6. The first-order valence-corrected chi connectivity index (χ1v) is 8.73. The minimum absolute atomic E-state index is 0.0874. The maximum atomic E-state index is 13.9. The highest BCUT2D eigenvalue weighted by Gasteiger charge is 2.24. The van der Waals surface area contributed by atoms with E-state index in [1.807, 2.05) is 0 Å². The Labute approximate surface area is 156 Å². The molecule has 0 atom stereocenters. The van der Waals surface area contributed by atoms with E-state index in [0.717, 1.165) is 30.8 Å².